The summed E-state index contributed by atoms with van der Waals surface area (Å²) >= 11 is 0. The Labute approximate surface area is 177 Å². The van der Waals surface area contributed by atoms with E-state index in [1.807, 2.05) is 6.07 Å². The van der Waals surface area contributed by atoms with E-state index in [1.54, 1.807) is 12.1 Å². The van der Waals surface area contributed by atoms with Crippen molar-refractivity contribution in [3.63, 3.8) is 0 Å². The zero-order valence-corrected chi connectivity index (χ0v) is 16.9. The van der Waals surface area contributed by atoms with Crippen LogP contribution in [0.25, 0.3) is 22.3 Å². The SMILES string of the molecule is [Na+].[O-]c1ccccc1.c1ccc(-c2ccccc2-c2ccccc2)cc1. The van der Waals surface area contributed by atoms with E-state index in [-0.39, 0.29) is 35.3 Å². The molecule has 1 nitrogen and oxygen atoms in total. The minimum Gasteiger partial charge on any atom is -0.872 e. The standard InChI is InChI=1S/C18H14.C6H6O.Na/c1-3-9-15(10-4-1)17-13-7-8-14-18(17)16-11-5-2-6-12-16;7-6-4-2-1-3-5-6;/h1-14H;1-5,7H;/q;;+1/p-1. The van der Waals surface area contributed by atoms with Gasteiger partial charge in [-0.25, -0.2) is 0 Å². The summed E-state index contributed by atoms with van der Waals surface area (Å²) in [5.74, 6) is 0.0718. The van der Waals surface area contributed by atoms with E-state index in [0.717, 1.165) is 0 Å². The molecule has 26 heavy (non-hydrogen) atoms. The van der Waals surface area contributed by atoms with Gasteiger partial charge in [0.2, 0.25) is 0 Å². The molecule has 4 aromatic rings. The van der Waals surface area contributed by atoms with E-state index < -0.39 is 0 Å². The van der Waals surface area contributed by atoms with Crippen molar-refractivity contribution in [2.75, 3.05) is 0 Å². The van der Waals surface area contributed by atoms with Gasteiger partial charge in [0, 0.05) is 0 Å². The third kappa shape index (κ3) is 5.60. The van der Waals surface area contributed by atoms with Gasteiger partial charge < -0.3 is 5.11 Å². The summed E-state index contributed by atoms with van der Waals surface area (Å²) < 4.78 is 0. The van der Waals surface area contributed by atoms with E-state index in [0.29, 0.717) is 0 Å². The third-order valence-corrected chi connectivity index (χ3v) is 3.84. The Morgan fingerprint density at radius 2 is 0.692 bits per heavy atom. The second kappa shape index (κ2) is 10.6. The Bertz CT molecular complexity index is 832. The number of rotatable bonds is 2. The first-order valence-corrected chi connectivity index (χ1v) is 8.26. The number of hydrogen-bond acceptors (Lipinski definition) is 1. The molecule has 0 N–H and O–H groups in total. The largest absolute Gasteiger partial charge is 1.00 e. The Morgan fingerprint density at radius 3 is 1.00 bits per heavy atom. The van der Waals surface area contributed by atoms with Crippen LogP contribution in [-0.4, -0.2) is 0 Å². The zero-order chi connectivity index (χ0) is 17.3. The van der Waals surface area contributed by atoms with Gasteiger partial charge in [0.05, 0.1) is 0 Å². The van der Waals surface area contributed by atoms with Crippen LogP contribution in [0.5, 0.6) is 5.75 Å². The molecule has 4 rings (SSSR count). The van der Waals surface area contributed by atoms with Gasteiger partial charge in [0.1, 0.15) is 0 Å². The van der Waals surface area contributed by atoms with Gasteiger partial charge >= 0.3 is 29.6 Å². The van der Waals surface area contributed by atoms with Crippen LogP contribution in [0, 0.1) is 0 Å². The molecule has 0 aliphatic heterocycles. The first kappa shape index (κ1) is 20.0. The first-order valence-electron chi connectivity index (χ1n) is 8.26. The number of para-hydroxylation sites is 1. The van der Waals surface area contributed by atoms with Crippen molar-refractivity contribution >= 4 is 0 Å². The molecule has 0 saturated carbocycles. The molecule has 0 saturated heterocycles. The van der Waals surface area contributed by atoms with Gasteiger partial charge in [-0.15, -0.1) is 5.75 Å². The predicted molar refractivity (Wildman–Crippen MR) is 103 cm³/mol. The summed E-state index contributed by atoms with van der Waals surface area (Å²) in [5, 5.41) is 10.3. The van der Waals surface area contributed by atoms with E-state index in [1.165, 1.54) is 34.4 Å². The molecular weight excluding hydrogens is 327 g/mol. The molecule has 0 aliphatic rings. The average Bonchev–Trinajstić information content (AvgIpc) is 2.70. The molecule has 4 aromatic carbocycles. The quantitative estimate of drug-likeness (QED) is 0.512. The predicted octanol–water partition coefficient (Wildman–Crippen LogP) is 2.78. The molecule has 0 atom stereocenters. The fraction of sp³-hybridized carbons (Fsp3) is 0. The molecule has 0 radical (unpaired) electrons. The van der Waals surface area contributed by atoms with Crippen molar-refractivity contribution in [1.82, 2.24) is 0 Å². The van der Waals surface area contributed by atoms with Crippen molar-refractivity contribution in [2.24, 2.45) is 0 Å². The van der Waals surface area contributed by atoms with Crippen molar-refractivity contribution in [3.05, 3.63) is 115 Å². The Morgan fingerprint density at radius 1 is 0.385 bits per heavy atom. The monoisotopic (exact) mass is 346 g/mol. The van der Waals surface area contributed by atoms with Gasteiger partial charge in [0.25, 0.3) is 0 Å². The van der Waals surface area contributed by atoms with Gasteiger partial charge in [-0.1, -0.05) is 115 Å². The Balaban J connectivity index is 0.000000258. The molecule has 0 unspecified atom stereocenters. The summed E-state index contributed by atoms with van der Waals surface area (Å²) in [6, 6.07) is 37.9. The van der Waals surface area contributed by atoms with Gasteiger partial charge in [-0.2, -0.15) is 0 Å². The van der Waals surface area contributed by atoms with E-state index in [9.17, 15) is 5.11 Å². The van der Waals surface area contributed by atoms with Crippen LogP contribution in [0.15, 0.2) is 115 Å². The molecule has 0 amide bonds. The van der Waals surface area contributed by atoms with Crippen LogP contribution in [0.3, 0.4) is 0 Å². The van der Waals surface area contributed by atoms with Crippen molar-refractivity contribution < 1.29 is 34.7 Å². The van der Waals surface area contributed by atoms with Crippen LogP contribution in [0.2, 0.25) is 0 Å². The van der Waals surface area contributed by atoms with E-state index in [2.05, 4.69) is 84.9 Å². The summed E-state index contributed by atoms with van der Waals surface area (Å²) in [5.41, 5.74) is 5.09. The summed E-state index contributed by atoms with van der Waals surface area (Å²) in [4.78, 5) is 0. The zero-order valence-electron chi connectivity index (χ0n) is 14.9. The minimum atomic E-state index is 0. The van der Waals surface area contributed by atoms with Crippen LogP contribution >= 0.6 is 0 Å². The minimum absolute atomic E-state index is 0. The van der Waals surface area contributed by atoms with Crippen molar-refractivity contribution in [1.29, 1.82) is 0 Å². The van der Waals surface area contributed by atoms with Crippen LogP contribution in [0.4, 0.5) is 0 Å². The fourth-order valence-electron chi connectivity index (χ4n) is 2.64. The van der Waals surface area contributed by atoms with E-state index >= 15 is 0 Å². The van der Waals surface area contributed by atoms with Crippen molar-refractivity contribution in [2.45, 2.75) is 0 Å². The van der Waals surface area contributed by atoms with E-state index in [4.69, 9.17) is 0 Å². The molecule has 122 valence electrons. The topological polar surface area (TPSA) is 23.1 Å². The van der Waals surface area contributed by atoms with Crippen LogP contribution in [0.1, 0.15) is 0 Å². The second-order valence-corrected chi connectivity index (χ2v) is 5.59. The maximum absolute atomic E-state index is 10.3. The van der Waals surface area contributed by atoms with Gasteiger partial charge in [-0.3, -0.25) is 0 Å². The van der Waals surface area contributed by atoms with Crippen LogP contribution < -0.4 is 34.7 Å². The summed E-state index contributed by atoms with van der Waals surface area (Å²) in [7, 11) is 0. The van der Waals surface area contributed by atoms with Crippen LogP contribution in [-0.2, 0) is 0 Å². The maximum atomic E-state index is 10.3. The average molecular weight is 346 g/mol. The molecule has 0 aliphatic carbocycles. The first-order chi connectivity index (χ1) is 12.3. The van der Waals surface area contributed by atoms with Gasteiger partial charge in [-0.05, 0) is 22.3 Å². The number of benzene rings is 4. The smallest absolute Gasteiger partial charge is 0.872 e. The normalized spacial score (nSPS) is 9.38. The molecule has 0 fully saturated rings. The summed E-state index contributed by atoms with van der Waals surface area (Å²) in [6.07, 6.45) is 0. The molecular formula is C24H19NaO. The summed E-state index contributed by atoms with van der Waals surface area (Å²) in [6.45, 7) is 0. The maximum Gasteiger partial charge on any atom is 1.00 e. The molecule has 0 spiro atoms. The Kier molecular flexibility index (Phi) is 8.17. The number of hydrogen-bond donors (Lipinski definition) is 0. The Hall–Kier alpha value is -2.32. The fourth-order valence-corrected chi connectivity index (χ4v) is 2.64. The van der Waals surface area contributed by atoms with Crippen molar-refractivity contribution in [3.8, 4) is 28.0 Å². The molecule has 0 aromatic heterocycles. The third-order valence-electron chi connectivity index (χ3n) is 3.84. The molecule has 0 bridgehead atoms. The molecule has 2 heteroatoms. The van der Waals surface area contributed by atoms with Gasteiger partial charge in [0.15, 0.2) is 0 Å². The second-order valence-electron chi connectivity index (χ2n) is 5.59. The molecule has 0 heterocycles.